The number of hydrogen-bond acceptors (Lipinski definition) is 4. The molecule has 3 aromatic rings. The highest BCUT2D eigenvalue weighted by Gasteiger charge is 2.14. The van der Waals surface area contributed by atoms with Gasteiger partial charge < -0.3 is 5.32 Å². The van der Waals surface area contributed by atoms with Gasteiger partial charge >= 0.3 is 0 Å². The van der Waals surface area contributed by atoms with E-state index in [9.17, 15) is 14.0 Å². The largest absolute Gasteiger partial charge is 0.325 e. The molecule has 7 heteroatoms. The van der Waals surface area contributed by atoms with Gasteiger partial charge in [-0.1, -0.05) is 43.8 Å². The second-order valence-electron chi connectivity index (χ2n) is 7.02. The van der Waals surface area contributed by atoms with Crippen LogP contribution in [0.1, 0.15) is 19.4 Å². The monoisotopic (exact) mass is 399 g/mol. The third kappa shape index (κ3) is 4.59. The van der Waals surface area contributed by atoms with Crippen LogP contribution >= 0.6 is 11.8 Å². The molecule has 0 saturated heterocycles. The summed E-state index contributed by atoms with van der Waals surface area (Å²) in [4.78, 5) is 29.7. The Morgan fingerprint density at radius 1 is 1.25 bits per heavy atom. The van der Waals surface area contributed by atoms with Crippen molar-refractivity contribution in [2.45, 2.75) is 32.5 Å². The molecule has 0 atom stereocenters. The van der Waals surface area contributed by atoms with E-state index in [4.69, 9.17) is 0 Å². The van der Waals surface area contributed by atoms with E-state index in [-0.39, 0.29) is 29.0 Å². The maximum Gasteiger partial charge on any atom is 0.262 e. The molecule has 0 aliphatic heterocycles. The lowest BCUT2D eigenvalue weighted by atomic mass is 10.2. The van der Waals surface area contributed by atoms with Gasteiger partial charge in [0, 0.05) is 12.2 Å². The number of anilines is 1. The second kappa shape index (κ2) is 8.56. The number of halogens is 1. The molecule has 146 valence electrons. The smallest absolute Gasteiger partial charge is 0.262 e. The minimum absolute atomic E-state index is 0.0678. The Morgan fingerprint density at radius 3 is 2.71 bits per heavy atom. The topological polar surface area (TPSA) is 64.0 Å². The molecule has 5 nitrogen and oxygen atoms in total. The van der Waals surface area contributed by atoms with E-state index in [1.54, 1.807) is 35.8 Å². The molecule has 2 aromatic carbocycles. The summed E-state index contributed by atoms with van der Waals surface area (Å²) in [5.74, 6) is -0.332. The summed E-state index contributed by atoms with van der Waals surface area (Å²) in [6.45, 7) is 6.23. The van der Waals surface area contributed by atoms with Crippen LogP contribution in [0.2, 0.25) is 0 Å². The average molecular weight is 399 g/mol. The van der Waals surface area contributed by atoms with Crippen LogP contribution in [0.5, 0.6) is 0 Å². The number of amides is 1. The molecule has 0 unspecified atom stereocenters. The van der Waals surface area contributed by atoms with E-state index in [1.165, 1.54) is 17.8 Å². The Kier molecular flexibility index (Phi) is 6.14. The Bertz CT molecular complexity index is 1080. The number of nitrogens with zero attached hydrogens (tertiary/aromatic N) is 2. The van der Waals surface area contributed by atoms with E-state index in [0.29, 0.717) is 33.9 Å². The van der Waals surface area contributed by atoms with Gasteiger partial charge in [-0.05, 0) is 42.7 Å². The number of para-hydroxylation sites is 1. The van der Waals surface area contributed by atoms with E-state index in [0.717, 1.165) is 0 Å². The molecular formula is C21H22FN3O2S. The number of rotatable bonds is 6. The average Bonchev–Trinajstić information content (AvgIpc) is 2.65. The Morgan fingerprint density at radius 2 is 2.00 bits per heavy atom. The number of hydrogen-bond donors (Lipinski definition) is 1. The number of carbonyl (C=O) groups is 1. The zero-order valence-electron chi connectivity index (χ0n) is 16.0. The normalized spacial score (nSPS) is 11.2. The molecule has 1 heterocycles. The number of thioether (sulfide) groups is 1. The zero-order valence-corrected chi connectivity index (χ0v) is 16.8. The number of aromatic nitrogens is 2. The van der Waals surface area contributed by atoms with Crippen molar-refractivity contribution in [3.63, 3.8) is 0 Å². The third-order valence-corrected chi connectivity index (χ3v) is 5.14. The van der Waals surface area contributed by atoms with Crippen molar-refractivity contribution in [3.8, 4) is 0 Å². The summed E-state index contributed by atoms with van der Waals surface area (Å²) in [5, 5.41) is 3.74. The summed E-state index contributed by atoms with van der Waals surface area (Å²) in [7, 11) is 0. The highest BCUT2D eigenvalue weighted by atomic mass is 32.2. The van der Waals surface area contributed by atoms with Gasteiger partial charge in [0.05, 0.1) is 16.7 Å². The Balaban J connectivity index is 1.81. The van der Waals surface area contributed by atoms with E-state index in [1.807, 2.05) is 26.0 Å². The van der Waals surface area contributed by atoms with E-state index >= 15 is 0 Å². The summed E-state index contributed by atoms with van der Waals surface area (Å²) >= 11 is 1.20. The molecular weight excluding hydrogens is 377 g/mol. The van der Waals surface area contributed by atoms with Gasteiger partial charge in [0.1, 0.15) is 5.82 Å². The van der Waals surface area contributed by atoms with Crippen molar-refractivity contribution >= 4 is 34.3 Å². The highest BCUT2D eigenvalue weighted by molar-refractivity contribution is 7.99. The number of carbonyl (C=O) groups excluding carboxylic acids is 1. The zero-order chi connectivity index (χ0) is 20.3. The standard InChI is InChI=1S/C21H22FN3O2S/c1-13(2)11-25-20(27)16-6-4-5-7-18(16)24-21(25)28-12-19(26)23-15-9-8-14(3)17(22)10-15/h4-10,13H,11-12H2,1-3H3,(H,23,26). The first-order valence-electron chi connectivity index (χ1n) is 9.03. The van der Waals surface area contributed by atoms with Crippen molar-refractivity contribution in [2.24, 2.45) is 5.92 Å². The molecule has 0 radical (unpaired) electrons. The minimum Gasteiger partial charge on any atom is -0.325 e. The second-order valence-corrected chi connectivity index (χ2v) is 7.96. The number of nitrogens with one attached hydrogen (secondary N) is 1. The van der Waals surface area contributed by atoms with Gasteiger partial charge in [0.15, 0.2) is 5.16 Å². The van der Waals surface area contributed by atoms with Crippen molar-refractivity contribution in [1.29, 1.82) is 0 Å². The molecule has 1 N–H and O–H groups in total. The van der Waals surface area contributed by atoms with Crippen molar-refractivity contribution in [2.75, 3.05) is 11.1 Å². The first kappa shape index (κ1) is 20.1. The minimum atomic E-state index is -0.368. The molecule has 1 amide bonds. The summed E-state index contributed by atoms with van der Waals surface area (Å²) in [6, 6.07) is 11.7. The van der Waals surface area contributed by atoms with Gasteiger partial charge in [-0.2, -0.15) is 0 Å². The fourth-order valence-corrected chi connectivity index (χ4v) is 3.59. The Hall–Kier alpha value is -2.67. The highest BCUT2D eigenvalue weighted by Crippen LogP contribution is 2.20. The predicted octanol–water partition coefficient (Wildman–Crippen LogP) is 4.23. The van der Waals surface area contributed by atoms with Crippen molar-refractivity contribution in [3.05, 3.63) is 64.2 Å². The maximum atomic E-state index is 13.6. The molecule has 0 aliphatic rings. The molecule has 28 heavy (non-hydrogen) atoms. The van der Waals surface area contributed by atoms with E-state index < -0.39 is 0 Å². The summed E-state index contributed by atoms with van der Waals surface area (Å²) in [5.41, 5.74) is 1.42. The summed E-state index contributed by atoms with van der Waals surface area (Å²) < 4.78 is 15.3. The number of benzene rings is 2. The van der Waals surface area contributed by atoms with Crippen molar-refractivity contribution in [1.82, 2.24) is 9.55 Å². The van der Waals surface area contributed by atoms with Crippen LogP contribution in [0.25, 0.3) is 10.9 Å². The molecule has 1 aromatic heterocycles. The van der Waals surface area contributed by atoms with Crippen molar-refractivity contribution < 1.29 is 9.18 Å². The lowest BCUT2D eigenvalue weighted by Gasteiger charge is -2.15. The van der Waals surface area contributed by atoms with Gasteiger partial charge in [-0.25, -0.2) is 9.37 Å². The van der Waals surface area contributed by atoms with Crippen LogP contribution in [0.3, 0.4) is 0 Å². The number of fused-ring (bicyclic) bond motifs is 1. The molecule has 3 rings (SSSR count). The van der Waals surface area contributed by atoms with Gasteiger partial charge in [-0.15, -0.1) is 0 Å². The molecule has 0 spiro atoms. The number of aryl methyl sites for hydroxylation is 1. The fourth-order valence-electron chi connectivity index (χ4n) is 2.78. The fraction of sp³-hybridized carbons (Fsp3) is 0.286. The summed E-state index contributed by atoms with van der Waals surface area (Å²) in [6.07, 6.45) is 0. The van der Waals surface area contributed by atoms with Crippen LogP contribution in [-0.4, -0.2) is 21.2 Å². The van der Waals surface area contributed by atoms with Crippen LogP contribution in [0.15, 0.2) is 52.4 Å². The predicted molar refractivity (Wildman–Crippen MR) is 111 cm³/mol. The third-order valence-electron chi connectivity index (χ3n) is 4.16. The molecule has 0 fully saturated rings. The maximum absolute atomic E-state index is 13.6. The van der Waals surface area contributed by atoms with Gasteiger partial charge in [0.25, 0.3) is 5.56 Å². The first-order valence-corrected chi connectivity index (χ1v) is 10.0. The first-order chi connectivity index (χ1) is 13.3. The van der Waals surface area contributed by atoms with Gasteiger partial charge in [0.2, 0.25) is 5.91 Å². The van der Waals surface area contributed by atoms with Crippen LogP contribution < -0.4 is 10.9 Å². The van der Waals surface area contributed by atoms with Crippen LogP contribution in [0.4, 0.5) is 10.1 Å². The lowest BCUT2D eigenvalue weighted by molar-refractivity contribution is -0.113. The Labute approximate surface area is 167 Å². The lowest BCUT2D eigenvalue weighted by Crippen LogP contribution is -2.26. The molecule has 0 bridgehead atoms. The van der Waals surface area contributed by atoms with Crippen LogP contribution in [0, 0.1) is 18.7 Å². The quantitative estimate of drug-likeness (QED) is 0.498. The van der Waals surface area contributed by atoms with E-state index in [2.05, 4.69) is 10.3 Å². The van der Waals surface area contributed by atoms with Crippen LogP contribution in [-0.2, 0) is 11.3 Å². The van der Waals surface area contributed by atoms with Gasteiger partial charge in [-0.3, -0.25) is 14.2 Å². The molecule has 0 saturated carbocycles. The SMILES string of the molecule is Cc1ccc(NC(=O)CSc2nc3ccccc3c(=O)n2CC(C)C)cc1F. The molecule has 0 aliphatic carbocycles.